The Morgan fingerprint density at radius 2 is 2.33 bits per heavy atom. The lowest BCUT2D eigenvalue weighted by Crippen LogP contribution is -2.42. The average Bonchev–Trinajstić information content (AvgIpc) is 2.48. The fraction of sp³-hybridized carbons (Fsp3) is 0.556. The summed E-state index contributed by atoms with van der Waals surface area (Å²) < 4.78 is 1.40. The molecule has 6 heteroatoms. The zero-order chi connectivity index (χ0) is 11.5. The number of hydrogen-bond donors (Lipinski definition) is 1. The fourth-order valence-corrected chi connectivity index (χ4v) is 1.07. The van der Waals surface area contributed by atoms with E-state index in [2.05, 4.69) is 15.5 Å². The molecule has 1 aromatic rings. The average molecular weight is 207 g/mol. The number of aromatic nitrogens is 3. The van der Waals surface area contributed by atoms with Crippen LogP contribution in [0.4, 0.5) is 0 Å². The van der Waals surface area contributed by atoms with Gasteiger partial charge in [0.15, 0.2) is 0 Å². The molecule has 0 aromatic carbocycles. The molecule has 0 radical (unpaired) electrons. The van der Waals surface area contributed by atoms with Crippen molar-refractivity contribution in [1.29, 1.82) is 5.26 Å². The smallest absolute Gasteiger partial charge is 0.240 e. The van der Waals surface area contributed by atoms with Gasteiger partial charge in [0.2, 0.25) is 11.7 Å². The largest absolute Gasteiger partial charge is 0.350 e. The summed E-state index contributed by atoms with van der Waals surface area (Å²) in [5.41, 5.74) is -0.280. The minimum absolute atomic E-state index is 0.0627. The number of hydrogen-bond acceptors (Lipinski definition) is 4. The molecule has 0 spiro atoms. The van der Waals surface area contributed by atoms with Gasteiger partial charge in [-0.3, -0.25) is 9.36 Å². The van der Waals surface area contributed by atoms with Gasteiger partial charge in [-0.15, -0.1) is 10.2 Å². The molecule has 0 saturated carbocycles. The number of amides is 1. The van der Waals surface area contributed by atoms with Crippen LogP contribution in [0.25, 0.3) is 0 Å². The summed E-state index contributed by atoms with van der Waals surface area (Å²) in [6.07, 6.45) is 1.36. The number of nitrogens with one attached hydrogen (secondary N) is 1. The first-order chi connectivity index (χ1) is 6.92. The molecule has 0 atom stereocenters. The quantitative estimate of drug-likeness (QED) is 0.743. The van der Waals surface area contributed by atoms with Crippen LogP contribution in [-0.4, -0.2) is 26.2 Å². The molecule has 15 heavy (non-hydrogen) atoms. The summed E-state index contributed by atoms with van der Waals surface area (Å²) in [5, 5.41) is 18.5. The van der Waals surface area contributed by atoms with E-state index in [1.807, 2.05) is 26.8 Å². The second kappa shape index (κ2) is 4.09. The highest BCUT2D eigenvalue weighted by molar-refractivity contribution is 5.76. The second-order valence-electron chi connectivity index (χ2n) is 4.19. The normalized spacial score (nSPS) is 10.8. The van der Waals surface area contributed by atoms with Gasteiger partial charge in [-0.1, -0.05) is 0 Å². The van der Waals surface area contributed by atoms with Gasteiger partial charge >= 0.3 is 0 Å². The Morgan fingerprint density at radius 1 is 1.67 bits per heavy atom. The molecule has 6 nitrogen and oxygen atoms in total. The minimum Gasteiger partial charge on any atom is -0.350 e. The topological polar surface area (TPSA) is 83.6 Å². The molecule has 0 aliphatic heterocycles. The molecule has 0 saturated heterocycles. The van der Waals surface area contributed by atoms with Crippen molar-refractivity contribution in [1.82, 2.24) is 20.1 Å². The third kappa shape index (κ3) is 3.38. The van der Waals surface area contributed by atoms with Crippen molar-refractivity contribution in [3.63, 3.8) is 0 Å². The molecule has 1 aromatic heterocycles. The number of nitriles is 1. The Bertz CT molecular complexity index is 395. The van der Waals surface area contributed by atoms with Crippen LogP contribution in [0.15, 0.2) is 6.33 Å². The summed E-state index contributed by atoms with van der Waals surface area (Å²) in [7, 11) is 0. The Kier molecular flexibility index (Phi) is 3.04. The van der Waals surface area contributed by atoms with Crippen molar-refractivity contribution < 1.29 is 4.79 Å². The summed E-state index contributed by atoms with van der Waals surface area (Å²) in [5.74, 6) is -0.0298. The zero-order valence-corrected chi connectivity index (χ0v) is 8.98. The summed E-state index contributed by atoms with van der Waals surface area (Å²) >= 11 is 0. The van der Waals surface area contributed by atoms with Crippen LogP contribution >= 0.6 is 0 Å². The van der Waals surface area contributed by atoms with Crippen LogP contribution in [0, 0.1) is 11.3 Å². The van der Waals surface area contributed by atoms with E-state index >= 15 is 0 Å². The monoisotopic (exact) mass is 207 g/mol. The Labute approximate surface area is 87.9 Å². The molecule has 1 heterocycles. The van der Waals surface area contributed by atoms with Crippen LogP contribution < -0.4 is 5.32 Å². The van der Waals surface area contributed by atoms with E-state index in [-0.39, 0.29) is 23.8 Å². The van der Waals surface area contributed by atoms with Crippen molar-refractivity contribution in [3.8, 4) is 6.07 Å². The van der Waals surface area contributed by atoms with Crippen molar-refractivity contribution >= 4 is 5.91 Å². The van der Waals surface area contributed by atoms with Gasteiger partial charge in [-0.05, 0) is 20.8 Å². The molecule has 1 rings (SSSR count). The highest BCUT2D eigenvalue weighted by Gasteiger charge is 2.15. The molecule has 1 N–H and O–H groups in total. The molecular weight excluding hydrogens is 194 g/mol. The highest BCUT2D eigenvalue weighted by atomic mass is 16.2. The van der Waals surface area contributed by atoms with Crippen molar-refractivity contribution in [2.24, 2.45) is 0 Å². The SMILES string of the molecule is CC(C)(C)NC(=O)Cn1cnnc1C#N. The van der Waals surface area contributed by atoms with Crippen LogP contribution in [0.1, 0.15) is 26.6 Å². The van der Waals surface area contributed by atoms with Crippen molar-refractivity contribution in [2.75, 3.05) is 0 Å². The number of carbonyl (C=O) groups excluding carboxylic acids is 1. The lowest BCUT2D eigenvalue weighted by Gasteiger charge is -2.20. The third-order valence-corrected chi connectivity index (χ3v) is 1.54. The Morgan fingerprint density at radius 3 is 2.87 bits per heavy atom. The van der Waals surface area contributed by atoms with Gasteiger partial charge in [0.1, 0.15) is 18.9 Å². The number of carbonyl (C=O) groups is 1. The van der Waals surface area contributed by atoms with Gasteiger partial charge in [0.05, 0.1) is 0 Å². The lowest BCUT2D eigenvalue weighted by atomic mass is 10.1. The number of nitrogens with zero attached hydrogens (tertiary/aromatic N) is 4. The van der Waals surface area contributed by atoms with E-state index in [1.165, 1.54) is 10.9 Å². The van der Waals surface area contributed by atoms with Crippen molar-refractivity contribution in [2.45, 2.75) is 32.9 Å². The third-order valence-electron chi connectivity index (χ3n) is 1.54. The maximum absolute atomic E-state index is 11.5. The van der Waals surface area contributed by atoms with Gasteiger partial charge in [-0.2, -0.15) is 5.26 Å². The Balaban J connectivity index is 2.64. The van der Waals surface area contributed by atoms with Gasteiger partial charge in [0, 0.05) is 5.54 Å². The lowest BCUT2D eigenvalue weighted by molar-refractivity contribution is -0.123. The second-order valence-corrected chi connectivity index (χ2v) is 4.19. The van der Waals surface area contributed by atoms with Gasteiger partial charge in [-0.25, -0.2) is 0 Å². The first-order valence-corrected chi connectivity index (χ1v) is 4.51. The first kappa shape index (κ1) is 11.2. The molecule has 80 valence electrons. The number of rotatable bonds is 2. The molecule has 0 fully saturated rings. The van der Waals surface area contributed by atoms with E-state index in [1.54, 1.807) is 0 Å². The van der Waals surface area contributed by atoms with E-state index < -0.39 is 0 Å². The molecule has 0 aliphatic rings. The van der Waals surface area contributed by atoms with Crippen LogP contribution in [-0.2, 0) is 11.3 Å². The van der Waals surface area contributed by atoms with Gasteiger partial charge in [0.25, 0.3) is 0 Å². The van der Waals surface area contributed by atoms with Gasteiger partial charge < -0.3 is 5.32 Å². The molecular formula is C9H13N5O. The predicted molar refractivity (Wildman–Crippen MR) is 52.6 cm³/mol. The van der Waals surface area contributed by atoms with Crippen molar-refractivity contribution in [3.05, 3.63) is 12.2 Å². The van der Waals surface area contributed by atoms with E-state index in [0.29, 0.717) is 0 Å². The highest BCUT2D eigenvalue weighted by Crippen LogP contribution is 1.99. The maximum Gasteiger partial charge on any atom is 0.240 e. The zero-order valence-electron chi connectivity index (χ0n) is 8.98. The van der Waals surface area contributed by atoms with E-state index in [9.17, 15) is 4.79 Å². The van der Waals surface area contributed by atoms with E-state index in [4.69, 9.17) is 5.26 Å². The Hall–Kier alpha value is -1.90. The summed E-state index contributed by atoms with van der Waals surface area (Å²) in [6.45, 7) is 5.74. The standard InChI is InChI=1S/C9H13N5O/c1-9(2,3)12-8(15)5-14-6-11-13-7(14)4-10/h6H,5H2,1-3H3,(H,12,15). The maximum atomic E-state index is 11.5. The minimum atomic E-state index is -0.280. The van der Waals surface area contributed by atoms with Crippen LogP contribution in [0.5, 0.6) is 0 Å². The van der Waals surface area contributed by atoms with Crippen LogP contribution in [0.3, 0.4) is 0 Å². The molecule has 0 aliphatic carbocycles. The summed E-state index contributed by atoms with van der Waals surface area (Å²) in [6, 6.07) is 1.85. The van der Waals surface area contributed by atoms with E-state index in [0.717, 1.165) is 0 Å². The molecule has 0 bridgehead atoms. The summed E-state index contributed by atoms with van der Waals surface area (Å²) in [4.78, 5) is 11.5. The molecule has 0 unspecified atom stereocenters. The predicted octanol–water partition coefficient (Wildman–Crippen LogP) is 0.0645. The first-order valence-electron chi connectivity index (χ1n) is 4.51. The molecule has 1 amide bonds. The fourth-order valence-electron chi connectivity index (χ4n) is 1.07. The van der Waals surface area contributed by atoms with Crippen LogP contribution in [0.2, 0.25) is 0 Å².